The van der Waals surface area contributed by atoms with E-state index in [-0.39, 0.29) is 11.3 Å². The third-order valence-corrected chi connectivity index (χ3v) is 4.66. The van der Waals surface area contributed by atoms with Crippen LogP contribution in [0.25, 0.3) is 0 Å². The first-order valence-corrected chi connectivity index (χ1v) is 7.53. The molecule has 1 aliphatic heterocycles. The summed E-state index contributed by atoms with van der Waals surface area (Å²) >= 11 is 1.55. The number of amides is 1. The number of hydrogen-bond donors (Lipinski definition) is 2. The van der Waals surface area contributed by atoms with Gasteiger partial charge < -0.3 is 10.6 Å². The Kier molecular flexibility index (Phi) is 3.11. The van der Waals surface area contributed by atoms with E-state index in [9.17, 15) is 4.79 Å². The first-order valence-electron chi connectivity index (χ1n) is 6.65. The molecule has 2 fully saturated rings. The predicted molar refractivity (Wildman–Crippen MR) is 72.9 cm³/mol. The van der Waals surface area contributed by atoms with E-state index in [0.717, 1.165) is 36.8 Å². The smallest absolute Gasteiger partial charge is 0.233 e. The quantitative estimate of drug-likeness (QED) is 0.882. The molecule has 0 bridgehead atoms. The van der Waals surface area contributed by atoms with Gasteiger partial charge >= 0.3 is 0 Å². The zero-order chi connectivity index (χ0) is 12.6. The summed E-state index contributed by atoms with van der Waals surface area (Å²) in [7, 11) is 0. The summed E-state index contributed by atoms with van der Waals surface area (Å²) in [6.45, 7) is 3.82. The minimum atomic E-state index is -0.288. The van der Waals surface area contributed by atoms with Crippen molar-refractivity contribution in [2.24, 2.45) is 5.41 Å². The van der Waals surface area contributed by atoms with E-state index in [4.69, 9.17) is 0 Å². The number of nitrogens with zero attached hydrogens (tertiary/aromatic N) is 1. The molecule has 2 aliphatic rings. The molecule has 1 aromatic heterocycles. The van der Waals surface area contributed by atoms with Crippen molar-refractivity contribution in [2.45, 2.75) is 38.5 Å². The van der Waals surface area contributed by atoms with E-state index in [2.05, 4.69) is 21.0 Å². The van der Waals surface area contributed by atoms with Crippen molar-refractivity contribution in [3.05, 3.63) is 11.1 Å². The summed E-state index contributed by atoms with van der Waals surface area (Å²) < 4.78 is 0. The molecule has 3 rings (SSSR count). The van der Waals surface area contributed by atoms with Crippen molar-refractivity contribution in [2.75, 3.05) is 18.4 Å². The Morgan fingerprint density at radius 2 is 2.44 bits per heavy atom. The van der Waals surface area contributed by atoms with Gasteiger partial charge in [0.05, 0.1) is 11.1 Å². The van der Waals surface area contributed by atoms with Crippen LogP contribution >= 0.6 is 11.3 Å². The Labute approximate surface area is 111 Å². The molecule has 18 heavy (non-hydrogen) atoms. The van der Waals surface area contributed by atoms with Gasteiger partial charge in [0.15, 0.2) is 5.13 Å². The number of piperidine rings is 1. The monoisotopic (exact) mass is 265 g/mol. The first kappa shape index (κ1) is 12.1. The summed E-state index contributed by atoms with van der Waals surface area (Å²) in [5.74, 6) is 0.755. The molecular formula is C13H19N3OS. The highest BCUT2D eigenvalue weighted by Gasteiger charge is 2.35. The Morgan fingerprint density at radius 1 is 1.61 bits per heavy atom. The molecule has 1 amide bonds. The second-order valence-electron chi connectivity index (χ2n) is 5.65. The van der Waals surface area contributed by atoms with Gasteiger partial charge in [-0.3, -0.25) is 4.79 Å². The highest BCUT2D eigenvalue weighted by Crippen LogP contribution is 2.41. The van der Waals surface area contributed by atoms with Gasteiger partial charge in [-0.25, -0.2) is 4.98 Å². The van der Waals surface area contributed by atoms with E-state index >= 15 is 0 Å². The van der Waals surface area contributed by atoms with Gasteiger partial charge in [0, 0.05) is 17.8 Å². The first-order chi connectivity index (χ1) is 8.67. The average Bonchev–Trinajstić information content (AvgIpc) is 3.11. The van der Waals surface area contributed by atoms with Crippen LogP contribution in [0.15, 0.2) is 5.38 Å². The number of carbonyl (C=O) groups is 1. The zero-order valence-corrected chi connectivity index (χ0v) is 11.5. The third-order valence-electron chi connectivity index (χ3n) is 3.88. The molecule has 0 radical (unpaired) electrons. The van der Waals surface area contributed by atoms with E-state index in [1.54, 1.807) is 11.3 Å². The molecule has 0 spiro atoms. The second kappa shape index (κ2) is 4.63. The van der Waals surface area contributed by atoms with E-state index in [1.165, 1.54) is 12.8 Å². The number of hydrogen-bond acceptors (Lipinski definition) is 4. The zero-order valence-electron chi connectivity index (χ0n) is 10.7. The fourth-order valence-corrected chi connectivity index (χ4v) is 3.20. The second-order valence-corrected chi connectivity index (χ2v) is 6.51. The fraction of sp³-hybridized carbons (Fsp3) is 0.692. The van der Waals surface area contributed by atoms with E-state index < -0.39 is 0 Å². The van der Waals surface area contributed by atoms with Gasteiger partial charge in [0.25, 0.3) is 0 Å². The molecule has 1 saturated carbocycles. The van der Waals surface area contributed by atoms with Crippen molar-refractivity contribution in [1.29, 1.82) is 0 Å². The Morgan fingerprint density at radius 3 is 3.11 bits per heavy atom. The van der Waals surface area contributed by atoms with Crippen LogP contribution in [-0.4, -0.2) is 24.0 Å². The summed E-state index contributed by atoms with van der Waals surface area (Å²) in [6, 6.07) is 0. The molecule has 2 heterocycles. The van der Waals surface area contributed by atoms with Crippen LogP contribution in [0.1, 0.15) is 44.2 Å². The largest absolute Gasteiger partial charge is 0.316 e. The molecule has 1 aromatic rings. The van der Waals surface area contributed by atoms with Crippen LogP contribution in [0.3, 0.4) is 0 Å². The standard InChI is InChI=1S/C13H19N3OS/c1-13(5-2-6-14-8-13)11(17)16-12-15-10(7-18-12)9-3-4-9/h7,9,14H,2-6,8H2,1H3,(H,15,16,17). The average molecular weight is 265 g/mol. The fourth-order valence-electron chi connectivity index (χ4n) is 2.41. The molecule has 4 nitrogen and oxygen atoms in total. The number of anilines is 1. The van der Waals surface area contributed by atoms with Gasteiger partial charge in [-0.05, 0) is 39.2 Å². The van der Waals surface area contributed by atoms with Crippen LogP contribution in [0, 0.1) is 5.41 Å². The number of carbonyl (C=O) groups excluding carboxylic acids is 1. The third kappa shape index (κ3) is 2.42. The van der Waals surface area contributed by atoms with Crippen molar-refractivity contribution in [1.82, 2.24) is 10.3 Å². The van der Waals surface area contributed by atoms with Crippen LogP contribution in [-0.2, 0) is 4.79 Å². The highest BCUT2D eigenvalue weighted by molar-refractivity contribution is 7.13. The maximum atomic E-state index is 12.3. The minimum Gasteiger partial charge on any atom is -0.316 e. The van der Waals surface area contributed by atoms with E-state index in [0.29, 0.717) is 5.92 Å². The summed E-state index contributed by atoms with van der Waals surface area (Å²) in [5.41, 5.74) is 0.867. The van der Waals surface area contributed by atoms with Crippen LogP contribution in [0.5, 0.6) is 0 Å². The molecule has 98 valence electrons. The molecule has 1 atom stereocenters. The maximum Gasteiger partial charge on any atom is 0.233 e. The Hall–Kier alpha value is -0.940. The highest BCUT2D eigenvalue weighted by atomic mass is 32.1. The van der Waals surface area contributed by atoms with Crippen molar-refractivity contribution in [3.8, 4) is 0 Å². The van der Waals surface area contributed by atoms with Crippen molar-refractivity contribution in [3.63, 3.8) is 0 Å². The van der Waals surface area contributed by atoms with Crippen LogP contribution in [0.4, 0.5) is 5.13 Å². The number of nitrogens with one attached hydrogen (secondary N) is 2. The van der Waals surface area contributed by atoms with Gasteiger partial charge in [0.2, 0.25) is 5.91 Å². The Balaban J connectivity index is 1.65. The van der Waals surface area contributed by atoms with Crippen molar-refractivity contribution >= 4 is 22.4 Å². The lowest BCUT2D eigenvalue weighted by atomic mass is 9.82. The van der Waals surface area contributed by atoms with E-state index in [1.807, 2.05) is 6.92 Å². The number of rotatable bonds is 3. The molecule has 5 heteroatoms. The van der Waals surface area contributed by atoms with Gasteiger partial charge in [0.1, 0.15) is 0 Å². The number of thiazole rings is 1. The lowest BCUT2D eigenvalue weighted by Gasteiger charge is -2.32. The topological polar surface area (TPSA) is 54.0 Å². The number of aromatic nitrogens is 1. The molecule has 1 aliphatic carbocycles. The normalized spacial score (nSPS) is 28.1. The molecular weight excluding hydrogens is 246 g/mol. The predicted octanol–water partition coefficient (Wildman–Crippen LogP) is 2.35. The van der Waals surface area contributed by atoms with Gasteiger partial charge in [-0.1, -0.05) is 0 Å². The van der Waals surface area contributed by atoms with Gasteiger partial charge in [-0.2, -0.15) is 0 Å². The molecule has 1 saturated heterocycles. The van der Waals surface area contributed by atoms with Crippen molar-refractivity contribution < 1.29 is 4.79 Å². The lowest BCUT2D eigenvalue weighted by Crippen LogP contribution is -2.46. The Bertz CT molecular complexity index is 447. The maximum absolute atomic E-state index is 12.3. The molecule has 2 N–H and O–H groups in total. The SMILES string of the molecule is CC1(C(=O)Nc2nc(C3CC3)cs2)CCCNC1. The summed E-state index contributed by atoms with van der Waals surface area (Å²) in [4.78, 5) is 16.8. The lowest BCUT2D eigenvalue weighted by molar-refractivity contribution is -0.125. The van der Waals surface area contributed by atoms with Gasteiger partial charge in [-0.15, -0.1) is 11.3 Å². The molecule has 0 aromatic carbocycles. The summed E-state index contributed by atoms with van der Waals surface area (Å²) in [5, 5.41) is 9.12. The minimum absolute atomic E-state index is 0.103. The molecule has 1 unspecified atom stereocenters. The van der Waals surface area contributed by atoms with Crippen LogP contribution in [0.2, 0.25) is 0 Å². The summed E-state index contributed by atoms with van der Waals surface area (Å²) in [6.07, 6.45) is 4.51. The van der Waals surface area contributed by atoms with Crippen LogP contribution < -0.4 is 10.6 Å².